The Hall–Kier alpha value is -1.14. The van der Waals surface area contributed by atoms with Gasteiger partial charge in [0.05, 0.1) is 5.69 Å². The molecule has 4 nitrogen and oxygen atoms in total. The molecule has 1 aromatic heterocycles. The summed E-state index contributed by atoms with van der Waals surface area (Å²) in [6, 6.07) is 7.52. The van der Waals surface area contributed by atoms with Crippen LogP contribution in [0.4, 0.5) is 0 Å². The Bertz CT molecular complexity index is 594. The molecule has 1 fully saturated rings. The highest BCUT2D eigenvalue weighted by atomic mass is 35.5. The summed E-state index contributed by atoms with van der Waals surface area (Å²) in [4.78, 5) is 6.70. The Kier molecular flexibility index (Phi) is 5.31. The maximum atomic E-state index is 10.8. The molecule has 2 heterocycles. The average Bonchev–Trinajstić information content (AvgIpc) is 2.99. The third kappa shape index (κ3) is 4.20. The SMILES string of the molecule is [O]Cc1nc(CN2CCC(Oc3ccc(Cl)cc3)CC2)cs1. The molecule has 0 aliphatic carbocycles. The molecule has 1 aliphatic rings. The van der Waals surface area contributed by atoms with Gasteiger partial charge in [0.2, 0.25) is 0 Å². The molecule has 6 heteroatoms. The van der Waals surface area contributed by atoms with Crippen molar-refractivity contribution < 1.29 is 9.84 Å². The van der Waals surface area contributed by atoms with Crippen molar-refractivity contribution in [1.29, 1.82) is 0 Å². The van der Waals surface area contributed by atoms with Crippen LogP contribution in [0.1, 0.15) is 23.5 Å². The highest BCUT2D eigenvalue weighted by molar-refractivity contribution is 7.09. The topological polar surface area (TPSA) is 45.3 Å². The van der Waals surface area contributed by atoms with Gasteiger partial charge in [0.1, 0.15) is 23.5 Å². The number of benzene rings is 1. The Morgan fingerprint density at radius 3 is 2.64 bits per heavy atom. The normalized spacial score (nSPS) is 16.8. The smallest absolute Gasteiger partial charge is 0.134 e. The van der Waals surface area contributed by atoms with Crippen LogP contribution in [0.3, 0.4) is 0 Å². The predicted molar refractivity (Wildman–Crippen MR) is 86.9 cm³/mol. The van der Waals surface area contributed by atoms with E-state index in [4.69, 9.17) is 16.3 Å². The van der Waals surface area contributed by atoms with Gasteiger partial charge < -0.3 is 4.74 Å². The van der Waals surface area contributed by atoms with Gasteiger partial charge in [-0.05, 0) is 37.1 Å². The van der Waals surface area contributed by atoms with E-state index in [2.05, 4.69) is 9.88 Å². The lowest BCUT2D eigenvalue weighted by Crippen LogP contribution is -2.37. The van der Waals surface area contributed by atoms with Crippen molar-refractivity contribution in [3.05, 3.63) is 45.4 Å². The standard InChI is InChI=1S/C16H18ClN2O2S/c17-12-1-3-14(4-2-12)21-15-5-7-19(8-6-15)9-13-11-22-16(10-20)18-13/h1-4,11,15H,5-10H2. The molecule has 1 saturated heterocycles. The van der Waals surface area contributed by atoms with Crippen molar-refractivity contribution >= 4 is 22.9 Å². The maximum absolute atomic E-state index is 10.8. The van der Waals surface area contributed by atoms with Crippen molar-refractivity contribution in [2.45, 2.75) is 32.1 Å². The lowest BCUT2D eigenvalue weighted by molar-refractivity contribution is 0.0961. The summed E-state index contributed by atoms with van der Waals surface area (Å²) < 4.78 is 5.99. The molecule has 1 aromatic carbocycles. The summed E-state index contributed by atoms with van der Waals surface area (Å²) in [5, 5.41) is 14.2. The summed E-state index contributed by atoms with van der Waals surface area (Å²) >= 11 is 7.33. The molecule has 2 aromatic rings. The predicted octanol–water partition coefficient (Wildman–Crippen LogP) is 3.77. The molecule has 0 amide bonds. The van der Waals surface area contributed by atoms with Crippen LogP contribution in [0, 0.1) is 0 Å². The highest BCUT2D eigenvalue weighted by Gasteiger charge is 2.21. The summed E-state index contributed by atoms with van der Waals surface area (Å²) in [5.74, 6) is 0.877. The highest BCUT2D eigenvalue weighted by Crippen LogP contribution is 2.22. The van der Waals surface area contributed by atoms with Crippen molar-refractivity contribution in [1.82, 2.24) is 9.88 Å². The van der Waals surface area contributed by atoms with Gasteiger partial charge in [-0.1, -0.05) is 11.6 Å². The van der Waals surface area contributed by atoms with Crippen LogP contribution in [-0.4, -0.2) is 29.1 Å². The zero-order valence-electron chi connectivity index (χ0n) is 12.2. The van der Waals surface area contributed by atoms with Gasteiger partial charge in [0.15, 0.2) is 0 Å². The van der Waals surface area contributed by atoms with Gasteiger partial charge in [-0.2, -0.15) is 0 Å². The molecule has 0 saturated carbocycles. The van der Waals surface area contributed by atoms with Crippen molar-refractivity contribution in [2.24, 2.45) is 0 Å². The second-order valence-electron chi connectivity index (χ2n) is 5.42. The first-order valence-corrected chi connectivity index (χ1v) is 8.64. The first-order chi connectivity index (χ1) is 10.7. The number of thiazole rings is 1. The quantitative estimate of drug-likeness (QED) is 0.834. The Morgan fingerprint density at radius 2 is 2.00 bits per heavy atom. The molecule has 117 valence electrons. The van der Waals surface area contributed by atoms with Crippen LogP contribution in [0.2, 0.25) is 5.02 Å². The zero-order chi connectivity index (χ0) is 15.4. The molecule has 0 bridgehead atoms. The molecule has 0 spiro atoms. The van der Waals surface area contributed by atoms with Gasteiger partial charge in [0, 0.05) is 30.0 Å². The first kappa shape index (κ1) is 15.7. The lowest BCUT2D eigenvalue weighted by atomic mass is 10.1. The van der Waals surface area contributed by atoms with Gasteiger partial charge in [-0.25, -0.2) is 10.1 Å². The van der Waals surface area contributed by atoms with Crippen molar-refractivity contribution in [3.8, 4) is 5.75 Å². The Labute approximate surface area is 139 Å². The van der Waals surface area contributed by atoms with Crippen LogP contribution < -0.4 is 4.74 Å². The number of hydrogen-bond donors (Lipinski definition) is 0. The van der Waals surface area contributed by atoms with E-state index in [-0.39, 0.29) is 12.7 Å². The molecule has 1 aliphatic heterocycles. The van der Waals surface area contributed by atoms with E-state index in [1.807, 2.05) is 29.6 Å². The van der Waals surface area contributed by atoms with E-state index < -0.39 is 0 Å². The van der Waals surface area contributed by atoms with Gasteiger partial charge >= 0.3 is 0 Å². The largest absolute Gasteiger partial charge is 0.490 e. The molecule has 0 N–H and O–H groups in total. The number of aromatic nitrogens is 1. The summed E-state index contributed by atoms with van der Waals surface area (Å²) in [6.45, 7) is 2.58. The number of halogens is 1. The molecule has 3 rings (SSSR count). The van der Waals surface area contributed by atoms with E-state index in [0.29, 0.717) is 5.01 Å². The van der Waals surface area contributed by atoms with Crippen molar-refractivity contribution in [3.63, 3.8) is 0 Å². The fourth-order valence-electron chi connectivity index (χ4n) is 2.61. The third-order valence-corrected chi connectivity index (χ3v) is 4.88. The number of hydrogen-bond acceptors (Lipinski definition) is 4. The monoisotopic (exact) mass is 337 g/mol. The van der Waals surface area contributed by atoms with Gasteiger partial charge in [-0.15, -0.1) is 11.3 Å². The van der Waals surface area contributed by atoms with Crippen LogP contribution in [-0.2, 0) is 18.3 Å². The van der Waals surface area contributed by atoms with Gasteiger partial charge in [-0.3, -0.25) is 4.90 Å². The molecular formula is C16H18ClN2O2S. The van der Waals surface area contributed by atoms with E-state index in [0.717, 1.165) is 48.9 Å². The van der Waals surface area contributed by atoms with Crippen LogP contribution in [0.25, 0.3) is 0 Å². The number of likely N-dealkylation sites (tertiary alicyclic amines) is 1. The zero-order valence-corrected chi connectivity index (χ0v) is 13.8. The Morgan fingerprint density at radius 1 is 1.27 bits per heavy atom. The van der Waals surface area contributed by atoms with E-state index in [9.17, 15) is 5.11 Å². The average molecular weight is 338 g/mol. The number of rotatable bonds is 5. The van der Waals surface area contributed by atoms with E-state index >= 15 is 0 Å². The fourth-order valence-corrected chi connectivity index (χ4v) is 3.37. The summed E-state index contributed by atoms with van der Waals surface area (Å²) in [7, 11) is 0. The minimum atomic E-state index is -0.221. The lowest BCUT2D eigenvalue weighted by Gasteiger charge is -2.31. The fraction of sp³-hybridized carbons (Fsp3) is 0.438. The van der Waals surface area contributed by atoms with Crippen LogP contribution >= 0.6 is 22.9 Å². The maximum Gasteiger partial charge on any atom is 0.134 e. The second kappa shape index (κ2) is 7.42. The second-order valence-corrected chi connectivity index (χ2v) is 6.80. The van der Waals surface area contributed by atoms with Gasteiger partial charge in [0.25, 0.3) is 0 Å². The van der Waals surface area contributed by atoms with E-state index in [1.54, 1.807) is 0 Å². The van der Waals surface area contributed by atoms with Crippen LogP contribution in [0.15, 0.2) is 29.6 Å². The minimum absolute atomic E-state index is 0.221. The third-order valence-electron chi connectivity index (χ3n) is 3.76. The molecule has 22 heavy (non-hydrogen) atoms. The Balaban J connectivity index is 1.46. The number of nitrogens with zero attached hydrogens (tertiary/aromatic N) is 2. The number of ether oxygens (including phenoxy) is 1. The summed E-state index contributed by atoms with van der Waals surface area (Å²) in [6.07, 6.45) is 2.26. The molecular weight excluding hydrogens is 320 g/mol. The first-order valence-electron chi connectivity index (χ1n) is 7.39. The van der Waals surface area contributed by atoms with Crippen LogP contribution in [0.5, 0.6) is 5.75 Å². The molecule has 0 atom stereocenters. The molecule has 1 radical (unpaired) electrons. The number of piperidine rings is 1. The molecule has 0 unspecified atom stereocenters. The van der Waals surface area contributed by atoms with Crippen molar-refractivity contribution in [2.75, 3.05) is 13.1 Å². The minimum Gasteiger partial charge on any atom is -0.490 e. The van der Waals surface area contributed by atoms with E-state index in [1.165, 1.54) is 11.3 Å². The summed E-state index contributed by atoms with van der Waals surface area (Å²) in [5.41, 5.74) is 1.01.